The van der Waals surface area contributed by atoms with E-state index < -0.39 is 5.92 Å². The summed E-state index contributed by atoms with van der Waals surface area (Å²) in [5, 5.41) is 6.93. The summed E-state index contributed by atoms with van der Waals surface area (Å²) in [7, 11) is 0. The first-order valence-electron chi connectivity index (χ1n) is 6.90. The number of nitrogens with one attached hydrogen (secondary N) is 2. The van der Waals surface area contributed by atoms with Gasteiger partial charge in [-0.3, -0.25) is 0 Å². The van der Waals surface area contributed by atoms with Gasteiger partial charge in [-0.25, -0.2) is 8.78 Å². The number of halogens is 2. The Kier molecular flexibility index (Phi) is 4.36. The highest BCUT2D eigenvalue weighted by molar-refractivity contribution is 4.83. The Bertz CT molecular complexity index is 232. The number of hydrogen-bond donors (Lipinski definition) is 2. The van der Waals surface area contributed by atoms with Crippen molar-refractivity contribution in [2.45, 2.75) is 63.5 Å². The lowest BCUT2D eigenvalue weighted by Crippen LogP contribution is -2.40. The van der Waals surface area contributed by atoms with Gasteiger partial charge in [-0.15, -0.1) is 0 Å². The Morgan fingerprint density at radius 1 is 1.18 bits per heavy atom. The molecule has 0 aromatic rings. The SMILES string of the molecule is CC(CNC1CC1)NCC1CCC(F)(F)CC1. The molecule has 2 aliphatic carbocycles. The maximum absolute atomic E-state index is 13.0. The highest BCUT2D eigenvalue weighted by Gasteiger charge is 2.34. The predicted octanol–water partition coefficient (Wildman–Crippen LogP) is 2.54. The standard InChI is InChI=1S/C13H24F2N2/c1-10(8-17-12-2-3-12)16-9-11-4-6-13(14,15)7-5-11/h10-12,16-17H,2-9H2,1H3. The van der Waals surface area contributed by atoms with E-state index in [2.05, 4.69) is 17.6 Å². The van der Waals surface area contributed by atoms with Crippen molar-refractivity contribution < 1.29 is 8.78 Å². The summed E-state index contributed by atoms with van der Waals surface area (Å²) in [6, 6.07) is 1.19. The fraction of sp³-hybridized carbons (Fsp3) is 1.00. The van der Waals surface area contributed by atoms with Crippen molar-refractivity contribution in [2.75, 3.05) is 13.1 Å². The van der Waals surface area contributed by atoms with E-state index in [0.29, 0.717) is 24.8 Å². The fourth-order valence-corrected chi connectivity index (χ4v) is 2.37. The van der Waals surface area contributed by atoms with Gasteiger partial charge in [0.25, 0.3) is 0 Å². The van der Waals surface area contributed by atoms with Gasteiger partial charge in [0.1, 0.15) is 0 Å². The molecule has 0 saturated heterocycles. The molecule has 2 saturated carbocycles. The molecule has 1 unspecified atom stereocenters. The van der Waals surface area contributed by atoms with Gasteiger partial charge in [-0.1, -0.05) is 0 Å². The minimum Gasteiger partial charge on any atom is -0.313 e. The quantitative estimate of drug-likeness (QED) is 0.752. The second-order valence-corrected chi connectivity index (χ2v) is 5.79. The summed E-state index contributed by atoms with van der Waals surface area (Å²) in [6.07, 6.45) is 4.11. The highest BCUT2D eigenvalue weighted by atomic mass is 19.3. The zero-order valence-corrected chi connectivity index (χ0v) is 10.6. The van der Waals surface area contributed by atoms with E-state index in [-0.39, 0.29) is 12.8 Å². The van der Waals surface area contributed by atoms with E-state index in [4.69, 9.17) is 0 Å². The molecule has 0 heterocycles. The molecule has 4 heteroatoms. The Morgan fingerprint density at radius 3 is 2.41 bits per heavy atom. The van der Waals surface area contributed by atoms with Crippen molar-refractivity contribution in [3.8, 4) is 0 Å². The van der Waals surface area contributed by atoms with Gasteiger partial charge < -0.3 is 10.6 Å². The first kappa shape index (κ1) is 13.2. The van der Waals surface area contributed by atoms with Gasteiger partial charge in [-0.05, 0) is 45.1 Å². The van der Waals surface area contributed by atoms with Crippen LogP contribution in [0, 0.1) is 5.92 Å². The van der Waals surface area contributed by atoms with Crippen molar-refractivity contribution >= 4 is 0 Å². The lowest BCUT2D eigenvalue weighted by atomic mass is 9.86. The van der Waals surface area contributed by atoms with Crippen LogP contribution in [0.1, 0.15) is 45.4 Å². The second kappa shape index (κ2) is 5.61. The summed E-state index contributed by atoms with van der Waals surface area (Å²) in [5.41, 5.74) is 0. The van der Waals surface area contributed by atoms with Crippen LogP contribution in [0.15, 0.2) is 0 Å². The van der Waals surface area contributed by atoms with Gasteiger partial charge in [0, 0.05) is 31.5 Å². The van der Waals surface area contributed by atoms with Crippen LogP contribution >= 0.6 is 0 Å². The van der Waals surface area contributed by atoms with Crippen LogP contribution in [-0.2, 0) is 0 Å². The second-order valence-electron chi connectivity index (χ2n) is 5.79. The van der Waals surface area contributed by atoms with Gasteiger partial charge in [0.2, 0.25) is 5.92 Å². The van der Waals surface area contributed by atoms with E-state index in [1.54, 1.807) is 0 Å². The number of hydrogen-bond acceptors (Lipinski definition) is 2. The molecule has 0 bridgehead atoms. The summed E-state index contributed by atoms with van der Waals surface area (Å²) in [4.78, 5) is 0. The zero-order valence-electron chi connectivity index (χ0n) is 10.6. The minimum absolute atomic E-state index is 0.0774. The van der Waals surface area contributed by atoms with E-state index >= 15 is 0 Å². The van der Waals surface area contributed by atoms with Crippen molar-refractivity contribution in [2.24, 2.45) is 5.92 Å². The van der Waals surface area contributed by atoms with Crippen molar-refractivity contribution in [3.63, 3.8) is 0 Å². The van der Waals surface area contributed by atoms with Crippen LogP contribution in [0.3, 0.4) is 0 Å². The molecule has 0 amide bonds. The van der Waals surface area contributed by atoms with Crippen LogP contribution < -0.4 is 10.6 Å². The van der Waals surface area contributed by atoms with Crippen LogP contribution in [-0.4, -0.2) is 31.1 Å². The molecule has 2 N–H and O–H groups in total. The molecular weight excluding hydrogens is 222 g/mol. The molecule has 17 heavy (non-hydrogen) atoms. The monoisotopic (exact) mass is 246 g/mol. The maximum atomic E-state index is 13.0. The molecule has 2 rings (SSSR count). The predicted molar refractivity (Wildman–Crippen MR) is 65.4 cm³/mol. The molecule has 0 aromatic heterocycles. The van der Waals surface area contributed by atoms with Gasteiger partial charge in [0.15, 0.2) is 0 Å². The third-order valence-electron chi connectivity index (χ3n) is 3.88. The third kappa shape index (κ3) is 4.88. The van der Waals surface area contributed by atoms with Gasteiger partial charge in [0.05, 0.1) is 0 Å². The van der Waals surface area contributed by atoms with E-state index in [9.17, 15) is 8.78 Å². The first-order valence-corrected chi connectivity index (χ1v) is 6.90. The van der Waals surface area contributed by atoms with Crippen LogP contribution in [0.2, 0.25) is 0 Å². The minimum atomic E-state index is -2.39. The van der Waals surface area contributed by atoms with Crippen molar-refractivity contribution in [3.05, 3.63) is 0 Å². The number of rotatable bonds is 6. The average molecular weight is 246 g/mol. The molecule has 100 valence electrons. The molecule has 0 aromatic carbocycles. The average Bonchev–Trinajstić information content (AvgIpc) is 3.08. The Hall–Kier alpha value is -0.220. The summed E-state index contributed by atoms with van der Waals surface area (Å²) < 4.78 is 25.9. The molecule has 0 aliphatic heterocycles. The molecular formula is C13H24F2N2. The zero-order chi connectivity index (χ0) is 12.3. The van der Waals surface area contributed by atoms with Crippen LogP contribution in [0.25, 0.3) is 0 Å². The third-order valence-corrected chi connectivity index (χ3v) is 3.88. The number of alkyl halides is 2. The van der Waals surface area contributed by atoms with Crippen LogP contribution in [0.5, 0.6) is 0 Å². The Morgan fingerprint density at radius 2 is 1.82 bits per heavy atom. The van der Waals surface area contributed by atoms with Crippen molar-refractivity contribution in [1.82, 2.24) is 10.6 Å². The smallest absolute Gasteiger partial charge is 0.248 e. The normalized spacial score (nSPS) is 27.0. The van der Waals surface area contributed by atoms with E-state index in [1.165, 1.54) is 12.8 Å². The lowest BCUT2D eigenvalue weighted by Gasteiger charge is -2.29. The van der Waals surface area contributed by atoms with Crippen LogP contribution in [0.4, 0.5) is 8.78 Å². The van der Waals surface area contributed by atoms with Gasteiger partial charge in [-0.2, -0.15) is 0 Å². The molecule has 0 radical (unpaired) electrons. The molecule has 1 atom stereocenters. The Balaban J connectivity index is 1.55. The van der Waals surface area contributed by atoms with Crippen molar-refractivity contribution in [1.29, 1.82) is 0 Å². The Labute approximate surface area is 103 Å². The van der Waals surface area contributed by atoms with E-state index in [1.807, 2.05) is 0 Å². The highest BCUT2D eigenvalue weighted by Crippen LogP contribution is 2.35. The lowest BCUT2D eigenvalue weighted by molar-refractivity contribution is -0.0456. The molecule has 2 nitrogen and oxygen atoms in total. The fourth-order valence-electron chi connectivity index (χ4n) is 2.37. The topological polar surface area (TPSA) is 24.1 Å². The summed E-state index contributed by atoms with van der Waals surface area (Å²) >= 11 is 0. The first-order chi connectivity index (χ1) is 8.05. The largest absolute Gasteiger partial charge is 0.313 e. The maximum Gasteiger partial charge on any atom is 0.248 e. The van der Waals surface area contributed by atoms with E-state index in [0.717, 1.165) is 19.1 Å². The summed E-state index contributed by atoms with van der Waals surface area (Å²) in [6.45, 7) is 4.05. The molecule has 0 spiro atoms. The van der Waals surface area contributed by atoms with Gasteiger partial charge >= 0.3 is 0 Å². The molecule has 2 fully saturated rings. The molecule has 2 aliphatic rings. The summed E-state index contributed by atoms with van der Waals surface area (Å²) in [5.74, 6) is -1.95.